The molecule has 3 atom stereocenters. The minimum atomic E-state index is -0.205. The molecule has 3 unspecified atom stereocenters. The number of rotatable bonds is 7. The van der Waals surface area contributed by atoms with Crippen LogP contribution in [0.15, 0.2) is 73.3 Å². The van der Waals surface area contributed by atoms with Crippen molar-refractivity contribution in [2.24, 2.45) is 5.92 Å². The van der Waals surface area contributed by atoms with Crippen molar-refractivity contribution in [1.29, 1.82) is 0 Å². The van der Waals surface area contributed by atoms with Crippen molar-refractivity contribution in [2.75, 3.05) is 13.1 Å². The SMILES string of the molecule is Fc1ccc(C2NNCC2CNC(Cn2ccnc2)c2ccccc2)cc1. The quantitative estimate of drug-likeness (QED) is 0.603. The highest BCUT2D eigenvalue weighted by Gasteiger charge is 2.28. The summed E-state index contributed by atoms with van der Waals surface area (Å²) < 4.78 is 15.3. The Morgan fingerprint density at radius 1 is 1.15 bits per heavy atom. The number of nitrogens with one attached hydrogen (secondary N) is 3. The minimum Gasteiger partial charge on any atom is -0.336 e. The van der Waals surface area contributed by atoms with Gasteiger partial charge in [-0.25, -0.2) is 14.8 Å². The van der Waals surface area contributed by atoms with Crippen molar-refractivity contribution in [1.82, 2.24) is 25.7 Å². The fourth-order valence-corrected chi connectivity index (χ4v) is 3.62. The Morgan fingerprint density at radius 3 is 2.70 bits per heavy atom. The first-order chi connectivity index (χ1) is 13.3. The van der Waals surface area contributed by atoms with Gasteiger partial charge in [-0.1, -0.05) is 42.5 Å². The topological polar surface area (TPSA) is 53.9 Å². The van der Waals surface area contributed by atoms with Crippen molar-refractivity contribution in [3.63, 3.8) is 0 Å². The van der Waals surface area contributed by atoms with Gasteiger partial charge in [-0.05, 0) is 23.3 Å². The van der Waals surface area contributed by atoms with Crippen LogP contribution in [-0.2, 0) is 6.54 Å². The average Bonchev–Trinajstić information content (AvgIpc) is 3.38. The molecule has 1 fully saturated rings. The molecule has 140 valence electrons. The van der Waals surface area contributed by atoms with E-state index in [4.69, 9.17) is 0 Å². The van der Waals surface area contributed by atoms with Gasteiger partial charge in [0.05, 0.1) is 18.4 Å². The standard InChI is InChI=1S/C21H24FN5/c22-19-8-6-17(7-9-19)21-18(13-25-26-21)12-24-20(14-27-11-10-23-15-27)16-4-2-1-3-5-16/h1-11,15,18,20-21,24-26H,12-14H2. The lowest BCUT2D eigenvalue weighted by Gasteiger charge is -2.24. The molecule has 4 rings (SSSR count). The molecule has 1 aliphatic rings. The minimum absolute atomic E-state index is 0.155. The van der Waals surface area contributed by atoms with Crippen LogP contribution in [0.2, 0.25) is 0 Å². The summed E-state index contributed by atoms with van der Waals surface area (Å²) in [6.07, 6.45) is 5.63. The Balaban J connectivity index is 1.45. The fraction of sp³-hybridized carbons (Fsp3) is 0.286. The number of hydrogen-bond acceptors (Lipinski definition) is 4. The monoisotopic (exact) mass is 365 g/mol. The van der Waals surface area contributed by atoms with Crippen LogP contribution in [0.4, 0.5) is 4.39 Å². The molecule has 27 heavy (non-hydrogen) atoms. The van der Waals surface area contributed by atoms with Crippen molar-refractivity contribution in [3.05, 3.63) is 90.3 Å². The van der Waals surface area contributed by atoms with Gasteiger partial charge in [0.1, 0.15) is 5.82 Å². The zero-order valence-corrected chi connectivity index (χ0v) is 15.1. The van der Waals surface area contributed by atoms with Gasteiger partial charge in [0.15, 0.2) is 0 Å². The van der Waals surface area contributed by atoms with Gasteiger partial charge in [0.25, 0.3) is 0 Å². The summed E-state index contributed by atoms with van der Waals surface area (Å²) in [5.74, 6) is 0.160. The zero-order valence-electron chi connectivity index (χ0n) is 15.1. The number of hydrogen-bond donors (Lipinski definition) is 3. The molecule has 0 amide bonds. The molecule has 0 bridgehead atoms. The first-order valence-electron chi connectivity index (χ1n) is 9.27. The van der Waals surface area contributed by atoms with Crippen LogP contribution in [0.3, 0.4) is 0 Å². The molecular weight excluding hydrogens is 341 g/mol. The van der Waals surface area contributed by atoms with Gasteiger partial charge in [-0.3, -0.25) is 5.43 Å². The summed E-state index contributed by atoms with van der Waals surface area (Å²) in [4.78, 5) is 4.15. The third-order valence-electron chi connectivity index (χ3n) is 5.10. The van der Waals surface area contributed by atoms with Crippen LogP contribution in [0, 0.1) is 11.7 Å². The van der Waals surface area contributed by atoms with Gasteiger partial charge in [-0.15, -0.1) is 0 Å². The third kappa shape index (κ3) is 4.42. The second-order valence-corrected chi connectivity index (χ2v) is 6.95. The highest BCUT2D eigenvalue weighted by molar-refractivity contribution is 5.22. The molecular formula is C21H24FN5. The first-order valence-corrected chi connectivity index (χ1v) is 9.27. The maximum absolute atomic E-state index is 13.2. The van der Waals surface area contributed by atoms with Gasteiger partial charge in [0.2, 0.25) is 0 Å². The highest BCUT2D eigenvalue weighted by Crippen LogP contribution is 2.25. The van der Waals surface area contributed by atoms with E-state index in [2.05, 4.69) is 50.0 Å². The van der Waals surface area contributed by atoms with E-state index >= 15 is 0 Å². The van der Waals surface area contributed by atoms with E-state index in [1.165, 1.54) is 17.7 Å². The molecule has 6 heteroatoms. The summed E-state index contributed by atoms with van der Waals surface area (Å²) in [6.45, 7) is 2.52. The Hall–Kier alpha value is -2.54. The smallest absolute Gasteiger partial charge is 0.123 e. The first kappa shape index (κ1) is 17.9. The van der Waals surface area contributed by atoms with Crippen LogP contribution in [0.1, 0.15) is 23.2 Å². The maximum Gasteiger partial charge on any atom is 0.123 e. The number of hydrazine groups is 1. The lowest BCUT2D eigenvalue weighted by molar-refractivity contribution is 0.386. The van der Waals surface area contributed by atoms with E-state index in [-0.39, 0.29) is 17.9 Å². The largest absolute Gasteiger partial charge is 0.336 e. The zero-order chi connectivity index (χ0) is 18.5. The summed E-state index contributed by atoms with van der Waals surface area (Å²) >= 11 is 0. The Morgan fingerprint density at radius 2 is 1.96 bits per heavy atom. The van der Waals surface area contributed by atoms with Crippen molar-refractivity contribution in [3.8, 4) is 0 Å². The van der Waals surface area contributed by atoms with Crippen LogP contribution in [-0.4, -0.2) is 22.6 Å². The third-order valence-corrected chi connectivity index (χ3v) is 5.10. The lowest BCUT2D eigenvalue weighted by atomic mass is 9.94. The summed E-state index contributed by atoms with van der Waals surface area (Å²) in [5.41, 5.74) is 8.92. The molecule has 3 N–H and O–H groups in total. The Kier molecular flexibility index (Phi) is 5.58. The Labute approximate surface area is 158 Å². The lowest BCUT2D eigenvalue weighted by Crippen LogP contribution is -2.33. The summed E-state index contributed by atoms with van der Waals surface area (Å²) in [6, 6.07) is 17.6. The van der Waals surface area contributed by atoms with Crippen LogP contribution in [0.5, 0.6) is 0 Å². The highest BCUT2D eigenvalue weighted by atomic mass is 19.1. The van der Waals surface area contributed by atoms with E-state index < -0.39 is 0 Å². The van der Waals surface area contributed by atoms with E-state index in [1.54, 1.807) is 6.20 Å². The van der Waals surface area contributed by atoms with Crippen molar-refractivity contribution >= 4 is 0 Å². The number of halogens is 1. The van der Waals surface area contributed by atoms with Gasteiger partial charge in [0, 0.05) is 37.9 Å². The number of benzene rings is 2. The van der Waals surface area contributed by atoms with Crippen LogP contribution >= 0.6 is 0 Å². The molecule has 1 saturated heterocycles. The maximum atomic E-state index is 13.2. The molecule has 1 aliphatic heterocycles. The fourth-order valence-electron chi connectivity index (χ4n) is 3.62. The summed E-state index contributed by atoms with van der Waals surface area (Å²) in [7, 11) is 0. The molecule has 2 aromatic carbocycles. The molecule has 0 radical (unpaired) electrons. The van der Waals surface area contributed by atoms with Gasteiger partial charge in [-0.2, -0.15) is 0 Å². The predicted molar refractivity (Wildman–Crippen MR) is 103 cm³/mol. The number of aromatic nitrogens is 2. The molecule has 3 aromatic rings. The predicted octanol–water partition coefficient (Wildman–Crippen LogP) is 2.82. The molecule has 0 spiro atoms. The number of nitrogens with zero attached hydrogens (tertiary/aromatic N) is 2. The molecule has 0 aliphatic carbocycles. The molecule has 5 nitrogen and oxygen atoms in total. The van der Waals surface area contributed by atoms with Gasteiger partial charge >= 0.3 is 0 Å². The summed E-state index contributed by atoms with van der Waals surface area (Å²) in [5, 5.41) is 3.72. The normalized spacial score (nSPS) is 20.6. The van der Waals surface area contributed by atoms with Crippen LogP contribution in [0.25, 0.3) is 0 Å². The van der Waals surface area contributed by atoms with E-state index in [9.17, 15) is 4.39 Å². The second-order valence-electron chi connectivity index (χ2n) is 6.95. The number of imidazole rings is 1. The van der Waals surface area contributed by atoms with Crippen molar-refractivity contribution < 1.29 is 4.39 Å². The molecule has 1 aromatic heterocycles. The van der Waals surface area contributed by atoms with E-state index in [1.807, 2.05) is 30.7 Å². The van der Waals surface area contributed by atoms with Crippen molar-refractivity contribution in [2.45, 2.75) is 18.6 Å². The van der Waals surface area contributed by atoms with E-state index in [0.717, 1.165) is 25.2 Å². The average molecular weight is 365 g/mol. The van der Waals surface area contributed by atoms with E-state index in [0.29, 0.717) is 5.92 Å². The Bertz CT molecular complexity index is 820. The molecule has 0 saturated carbocycles. The van der Waals surface area contributed by atoms with Gasteiger partial charge < -0.3 is 9.88 Å². The molecule has 2 heterocycles. The second kappa shape index (κ2) is 8.43. The van der Waals surface area contributed by atoms with Crippen LogP contribution < -0.4 is 16.2 Å².